The highest BCUT2D eigenvalue weighted by Gasteiger charge is 2.35. The van der Waals surface area contributed by atoms with Gasteiger partial charge < -0.3 is 15.2 Å². The van der Waals surface area contributed by atoms with E-state index in [-0.39, 0.29) is 9.87 Å². The Kier molecular flexibility index (Phi) is 5.85. The van der Waals surface area contributed by atoms with Gasteiger partial charge in [0.2, 0.25) is 5.88 Å². The number of amides is 2. The van der Waals surface area contributed by atoms with Crippen LogP contribution in [0.3, 0.4) is 0 Å². The second-order valence-corrected chi connectivity index (χ2v) is 6.42. The number of carbonyl (C=O) groups excluding carboxylic acids is 2. The number of anilines is 1. The van der Waals surface area contributed by atoms with Gasteiger partial charge in [-0.1, -0.05) is 12.1 Å². The molecule has 2 amide bonds. The Morgan fingerprint density at radius 1 is 1.22 bits per heavy atom. The van der Waals surface area contributed by atoms with Crippen molar-refractivity contribution < 1.29 is 36.3 Å². The molecule has 1 aromatic heterocycles. The summed E-state index contributed by atoms with van der Waals surface area (Å²) in [7, 11) is -3.76. The summed E-state index contributed by atoms with van der Waals surface area (Å²) < 4.78 is 59.0. The van der Waals surface area contributed by atoms with Crippen LogP contribution in [0.15, 0.2) is 41.4 Å². The minimum atomic E-state index is -4.79. The first kappa shape index (κ1) is 20.0. The first-order valence-corrected chi connectivity index (χ1v) is 8.42. The van der Waals surface area contributed by atoms with Gasteiger partial charge in [-0.05, 0) is 12.1 Å². The first-order valence-electron chi connectivity index (χ1n) is 6.98. The molecule has 2 aromatic rings. The van der Waals surface area contributed by atoms with Crippen LogP contribution in [0.25, 0.3) is 0 Å². The van der Waals surface area contributed by atoms with E-state index in [1.54, 1.807) is 0 Å². The zero-order valence-corrected chi connectivity index (χ0v) is 14.4. The molecule has 0 aliphatic carbocycles. The summed E-state index contributed by atoms with van der Waals surface area (Å²) >= 11 is 0. The number of hydrogen-bond acceptors (Lipinski definition) is 8. The number of methoxy groups -OCH3 is 1. The van der Waals surface area contributed by atoms with Crippen molar-refractivity contribution in [3.8, 4) is 5.88 Å². The molecule has 0 saturated carbocycles. The summed E-state index contributed by atoms with van der Waals surface area (Å²) in [4.78, 5) is 30.0. The highest BCUT2D eigenvalue weighted by atomic mass is 32.2. The standard InChI is InChI=1S/C14H12F2N4O6S/c1-25-11(21)8-4-2-3-5-9(8)27(23,24)20(13(17)22)14-18-7-6-10(19-14)26-12(15)16/h2-7,12H,1H3,(H2,17,22). The molecule has 1 aromatic carbocycles. The minimum absolute atomic E-state index is 0.0485. The van der Waals surface area contributed by atoms with Gasteiger partial charge in [-0.3, -0.25) is 0 Å². The quantitative estimate of drug-likeness (QED) is 0.709. The number of ether oxygens (including phenoxy) is 2. The van der Waals surface area contributed by atoms with E-state index in [9.17, 15) is 26.8 Å². The molecule has 0 aliphatic heterocycles. The molecule has 2 rings (SSSR count). The van der Waals surface area contributed by atoms with E-state index in [1.807, 2.05) is 0 Å². The van der Waals surface area contributed by atoms with Gasteiger partial charge in [0.1, 0.15) is 4.90 Å². The molecular weight excluding hydrogens is 390 g/mol. The second kappa shape index (κ2) is 7.90. The lowest BCUT2D eigenvalue weighted by molar-refractivity contribution is -0.0528. The SMILES string of the molecule is COC(=O)c1ccccc1S(=O)(=O)N(C(N)=O)c1nccc(OC(F)F)n1. The number of nitrogens with two attached hydrogens (primary N) is 1. The zero-order valence-electron chi connectivity index (χ0n) is 13.6. The lowest BCUT2D eigenvalue weighted by Crippen LogP contribution is -2.42. The van der Waals surface area contributed by atoms with Crippen LogP contribution in [0.4, 0.5) is 19.5 Å². The van der Waals surface area contributed by atoms with E-state index in [2.05, 4.69) is 19.4 Å². The van der Waals surface area contributed by atoms with Crippen molar-refractivity contribution >= 4 is 28.0 Å². The highest BCUT2D eigenvalue weighted by molar-refractivity contribution is 7.93. The van der Waals surface area contributed by atoms with Crippen molar-refractivity contribution in [2.75, 3.05) is 11.4 Å². The normalized spacial score (nSPS) is 11.1. The molecule has 144 valence electrons. The number of hydrogen-bond donors (Lipinski definition) is 1. The number of carbonyl (C=O) groups is 2. The molecule has 0 bridgehead atoms. The van der Waals surface area contributed by atoms with E-state index in [1.165, 1.54) is 12.1 Å². The van der Waals surface area contributed by atoms with E-state index in [0.717, 1.165) is 31.5 Å². The Morgan fingerprint density at radius 2 is 1.89 bits per heavy atom. The number of urea groups is 1. The number of halogens is 2. The van der Waals surface area contributed by atoms with Gasteiger partial charge in [0.05, 0.1) is 12.7 Å². The van der Waals surface area contributed by atoms with Crippen molar-refractivity contribution in [3.63, 3.8) is 0 Å². The maximum atomic E-state index is 12.9. The third-order valence-corrected chi connectivity index (χ3v) is 4.76. The Hall–Kier alpha value is -3.35. The fourth-order valence-electron chi connectivity index (χ4n) is 1.98. The lowest BCUT2D eigenvalue weighted by atomic mass is 10.2. The number of primary amides is 1. The molecule has 0 saturated heterocycles. The third kappa shape index (κ3) is 4.25. The molecule has 0 spiro atoms. The van der Waals surface area contributed by atoms with Gasteiger partial charge >= 0.3 is 18.6 Å². The second-order valence-electron chi connectivity index (χ2n) is 4.67. The van der Waals surface area contributed by atoms with Crippen molar-refractivity contribution in [2.45, 2.75) is 11.5 Å². The minimum Gasteiger partial charge on any atom is -0.465 e. The topological polar surface area (TPSA) is 142 Å². The fourth-order valence-corrected chi connectivity index (χ4v) is 3.40. The summed E-state index contributed by atoms with van der Waals surface area (Å²) in [5.74, 6) is -2.53. The van der Waals surface area contributed by atoms with Gasteiger partial charge in [-0.25, -0.2) is 23.0 Å². The van der Waals surface area contributed by atoms with Crippen molar-refractivity contribution in [2.24, 2.45) is 5.73 Å². The van der Waals surface area contributed by atoms with E-state index < -0.39 is 45.4 Å². The van der Waals surface area contributed by atoms with Crippen molar-refractivity contribution in [1.82, 2.24) is 9.97 Å². The molecule has 13 heteroatoms. The Morgan fingerprint density at radius 3 is 2.48 bits per heavy atom. The van der Waals surface area contributed by atoms with Crippen LogP contribution in [0.5, 0.6) is 5.88 Å². The number of alkyl halides is 2. The average molecular weight is 402 g/mol. The fraction of sp³-hybridized carbons (Fsp3) is 0.143. The maximum absolute atomic E-state index is 12.9. The van der Waals surface area contributed by atoms with Gasteiger partial charge in [-0.15, -0.1) is 4.31 Å². The zero-order chi connectivity index (χ0) is 20.2. The van der Waals surface area contributed by atoms with E-state index in [0.29, 0.717) is 0 Å². The summed E-state index contributed by atoms with van der Waals surface area (Å²) in [6.45, 7) is -3.24. The maximum Gasteiger partial charge on any atom is 0.388 e. The Balaban J connectivity index is 2.61. The smallest absolute Gasteiger partial charge is 0.388 e. The van der Waals surface area contributed by atoms with Gasteiger partial charge in [0, 0.05) is 12.3 Å². The largest absolute Gasteiger partial charge is 0.465 e. The molecule has 0 fully saturated rings. The number of aromatic nitrogens is 2. The number of sulfonamides is 1. The summed E-state index contributed by atoms with van der Waals surface area (Å²) in [5.41, 5.74) is 4.74. The predicted octanol–water partition coefficient (Wildman–Crippen LogP) is 1.14. The van der Waals surface area contributed by atoms with Gasteiger partial charge in [-0.2, -0.15) is 13.8 Å². The molecule has 1 heterocycles. The van der Waals surface area contributed by atoms with Crippen LogP contribution in [-0.2, 0) is 14.8 Å². The van der Waals surface area contributed by atoms with Gasteiger partial charge in [0.25, 0.3) is 16.0 Å². The molecule has 0 aliphatic rings. The molecule has 27 heavy (non-hydrogen) atoms. The van der Waals surface area contributed by atoms with Crippen molar-refractivity contribution in [1.29, 1.82) is 0 Å². The molecule has 0 unspecified atom stereocenters. The van der Waals surface area contributed by atoms with Crippen LogP contribution in [0.2, 0.25) is 0 Å². The number of nitrogens with zero attached hydrogens (tertiary/aromatic N) is 3. The summed E-state index contributed by atoms with van der Waals surface area (Å²) in [6.07, 6.45) is 0.887. The predicted molar refractivity (Wildman–Crippen MR) is 85.7 cm³/mol. The summed E-state index contributed by atoms with van der Waals surface area (Å²) in [6, 6.07) is 4.21. The lowest BCUT2D eigenvalue weighted by Gasteiger charge is -2.19. The average Bonchev–Trinajstić information content (AvgIpc) is 2.60. The number of benzene rings is 1. The number of esters is 1. The van der Waals surface area contributed by atoms with Gasteiger partial charge in [0.15, 0.2) is 0 Å². The van der Waals surface area contributed by atoms with Crippen LogP contribution < -0.4 is 14.8 Å². The molecule has 2 N–H and O–H groups in total. The van der Waals surface area contributed by atoms with E-state index >= 15 is 0 Å². The Bertz CT molecular complexity index is 970. The number of rotatable bonds is 6. The molecule has 0 atom stereocenters. The monoisotopic (exact) mass is 402 g/mol. The van der Waals surface area contributed by atoms with Crippen molar-refractivity contribution in [3.05, 3.63) is 42.1 Å². The summed E-state index contributed by atoms with van der Waals surface area (Å²) in [5, 5.41) is 0. The van der Waals surface area contributed by atoms with Crippen LogP contribution in [-0.4, -0.2) is 44.1 Å². The van der Waals surface area contributed by atoms with Crippen LogP contribution >= 0.6 is 0 Å². The Labute approximate surface area is 151 Å². The first-order chi connectivity index (χ1) is 12.7. The molecule has 0 radical (unpaired) electrons. The molecular formula is C14H12F2N4O6S. The molecule has 10 nitrogen and oxygen atoms in total. The highest BCUT2D eigenvalue weighted by Crippen LogP contribution is 2.25. The van der Waals surface area contributed by atoms with Crippen LogP contribution in [0.1, 0.15) is 10.4 Å². The van der Waals surface area contributed by atoms with Crippen LogP contribution in [0, 0.1) is 0 Å². The van der Waals surface area contributed by atoms with E-state index in [4.69, 9.17) is 5.73 Å². The third-order valence-electron chi connectivity index (χ3n) is 3.02.